The number of Topliss-reactive ketones (excluding diaryl/α,β-unsaturated/α-hetero) is 1. The van der Waals surface area contributed by atoms with Crippen LogP contribution in [0, 0.1) is 18.3 Å². The molecule has 0 bridgehead atoms. The number of hydrogen-bond donors (Lipinski definition) is 2. The van der Waals surface area contributed by atoms with Crippen molar-refractivity contribution in [2.24, 2.45) is 11.3 Å². The average Bonchev–Trinajstić information content (AvgIpc) is 4.03. The lowest BCUT2D eigenvalue weighted by atomic mass is 9.91. The van der Waals surface area contributed by atoms with Crippen LogP contribution in [0.15, 0.2) is 30.4 Å². The number of fused-ring (bicyclic) bond motifs is 3. The fraction of sp³-hybridized carbons (Fsp3) is 0.625. The summed E-state index contributed by atoms with van der Waals surface area (Å²) in [6.07, 6.45) is 8.78. The normalized spacial score (nSPS) is 27.9. The Labute approximate surface area is 322 Å². The molecule has 2 N–H and O–H groups in total. The van der Waals surface area contributed by atoms with Crippen molar-refractivity contribution < 1.29 is 41.8 Å². The molecule has 4 heterocycles. The van der Waals surface area contributed by atoms with Gasteiger partial charge in [-0.3, -0.25) is 19.1 Å². The summed E-state index contributed by atoms with van der Waals surface area (Å²) in [5.41, 5.74) is 0.183. The molecule has 14 nitrogen and oxygen atoms in total. The molecule has 5 aliphatic rings. The van der Waals surface area contributed by atoms with E-state index in [2.05, 4.69) is 10.0 Å². The highest BCUT2D eigenvalue weighted by Gasteiger charge is 2.61. The Hall–Kier alpha value is -4.40. The number of sulfonamides is 1. The molecule has 0 radical (unpaired) electrons. The molecule has 1 aromatic heterocycles. The number of urea groups is 1. The second-order valence-electron chi connectivity index (χ2n) is 16.1. The van der Waals surface area contributed by atoms with Gasteiger partial charge in [-0.25, -0.2) is 18.2 Å². The van der Waals surface area contributed by atoms with Crippen LogP contribution >= 0.6 is 0 Å². The van der Waals surface area contributed by atoms with Crippen molar-refractivity contribution in [1.29, 1.82) is 0 Å². The van der Waals surface area contributed by atoms with Crippen molar-refractivity contribution in [1.82, 2.24) is 24.8 Å². The zero-order valence-corrected chi connectivity index (χ0v) is 33.0. The zero-order valence-electron chi connectivity index (χ0n) is 32.2. The lowest BCUT2D eigenvalue weighted by Gasteiger charge is -2.34. The van der Waals surface area contributed by atoms with E-state index >= 15 is 0 Å². The first-order valence-electron chi connectivity index (χ1n) is 19.7. The standard InChI is InChI=1S/C40H53N5O9S/c1-24(2)53-35-20-34(29-15-16-33(52-4)25(3)36(29)42-35)54-27-19-31-32(46)22-40(38(48)43-55(50,51)28-13-14-28)21-26(40)11-8-6-5-7-9-12-30(37(47)45(31)23-27)41-39(49)44-17-10-18-44/h8,11,15-16,20,24,26-28,30-31H,5-7,9-10,12-14,17-19,21-23H2,1-4H3,(H,41,49)(H,43,48)/b11-8-/t26-,27+,30-,31-,40+/m0/s1. The summed E-state index contributed by atoms with van der Waals surface area (Å²) in [5, 5.41) is 3.08. The van der Waals surface area contributed by atoms with Gasteiger partial charge in [0, 0.05) is 42.9 Å². The van der Waals surface area contributed by atoms with E-state index in [0.717, 1.165) is 31.2 Å². The number of amides is 4. The molecular weight excluding hydrogens is 727 g/mol. The molecular formula is C40H53N5O9S. The first kappa shape index (κ1) is 38.9. The van der Waals surface area contributed by atoms with Crippen LogP contribution < -0.4 is 24.2 Å². The van der Waals surface area contributed by atoms with Crippen LogP contribution in [-0.4, -0.2) is 103 Å². The SMILES string of the molecule is COc1ccc2c(O[C@@H]3C[C@H]4C(=O)C[C@]5(C(=O)NS(=O)(=O)C6CC6)C[C@@H]5/C=C\CCCCC[C@H](NC(=O)N5CCC5)C(=O)N4C3)cc(OC(C)C)nc2c1C. The van der Waals surface area contributed by atoms with Crippen LogP contribution in [0.25, 0.3) is 10.9 Å². The summed E-state index contributed by atoms with van der Waals surface area (Å²) in [6, 6.07) is 3.27. The van der Waals surface area contributed by atoms with E-state index in [1.807, 2.05) is 45.1 Å². The van der Waals surface area contributed by atoms with Crippen LogP contribution in [0.3, 0.4) is 0 Å². The summed E-state index contributed by atoms with van der Waals surface area (Å²) in [5.74, 6) is -0.224. The number of rotatable bonds is 9. The predicted octanol–water partition coefficient (Wildman–Crippen LogP) is 4.57. The number of aryl methyl sites for hydroxylation is 1. The summed E-state index contributed by atoms with van der Waals surface area (Å²) in [7, 11) is -2.26. The van der Waals surface area contributed by atoms with Gasteiger partial charge in [-0.2, -0.15) is 0 Å². The fourth-order valence-electron chi connectivity index (χ4n) is 8.11. The molecule has 2 saturated heterocycles. The Kier molecular flexibility index (Phi) is 11.0. The molecule has 298 valence electrons. The van der Waals surface area contributed by atoms with Crippen molar-refractivity contribution in [3.63, 3.8) is 0 Å². The number of nitrogens with zero attached hydrogens (tertiary/aromatic N) is 3. The van der Waals surface area contributed by atoms with Crippen molar-refractivity contribution in [3.05, 3.63) is 35.9 Å². The highest BCUT2D eigenvalue weighted by Crippen LogP contribution is 2.57. The minimum atomic E-state index is -3.85. The third-order valence-electron chi connectivity index (χ3n) is 11.7. The summed E-state index contributed by atoms with van der Waals surface area (Å²) in [6.45, 7) is 7.00. The van der Waals surface area contributed by atoms with E-state index < -0.39 is 44.8 Å². The van der Waals surface area contributed by atoms with Crippen molar-refractivity contribution >= 4 is 44.6 Å². The van der Waals surface area contributed by atoms with Gasteiger partial charge in [0.2, 0.25) is 27.7 Å². The summed E-state index contributed by atoms with van der Waals surface area (Å²) >= 11 is 0. The average molecular weight is 780 g/mol. The Bertz CT molecular complexity index is 1980. The number of benzene rings is 1. The van der Waals surface area contributed by atoms with E-state index in [1.54, 1.807) is 18.1 Å². The molecule has 0 spiro atoms. The number of carbonyl (C=O) groups excluding carboxylic acids is 4. The second kappa shape index (κ2) is 15.6. The van der Waals surface area contributed by atoms with E-state index in [9.17, 15) is 27.6 Å². The van der Waals surface area contributed by atoms with E-state index in [-0.39, 0.29) is 49.1 Å². The Balaban J connectivity index is 1.22. The monoisotopic (exact) mass is 779 g/mol. The third-order valence-corrected chi connectivity index (χ3v) is 13.5. The van der Waals surface area contributed by atoms with Gasteiger partial charge in [0.05, 0.1) is 42.0 Å². The number of aromatic nitrogens is 1. The number of methoxy groups -OCH3 is 1. The Morgan fingerprint density at radius 2 is 1.82 bits per heavy atom. The van der Waals surface area contributed by atoms with Crippen LogP contribution in [0.2, 0.25) is 0 Å². The van der Waals surface area contributed by atoms with E-state index in [4.69, 9.17) is 19.2 Å². The smallest absolute Gasteiger partial charge is 0.318 e. The number of ether oxygens (including phenoxy) is 3. The van der Waals surface area contributed by atoms with E-state index in [0.29, 0.717) is 73.5 Å². The minimum Gasteiger partial charge on any atom is -0.496 e. The maximum absolute atomic E-state index is 14.6. The number of likely N-dealkylation sites (tertiary alicyclic amines) is 1. The topological polar surface area (TPSA) is 174 Å². The van der Waals surface area contributed by atoms with Gasteiger partial charge >= 0.3 is 6.03 Å². The number of hydrogen-bond acceptors (Lipinski definition) is 10. The number of carbonyl (C=O) groups is 4. The van der Waals surface area contributed by atoms with Crippen LogP contribution in [0.5, 0.6) is 17.4 Å². The van der Waals surface area contributed by atoms with Crippen molar-refractivity contribution in [2.75, 3.05) is 26.7 Å². The van der Waals surface area contributed by atoms with Gasteiger partial charge in [0.1, 0.15) is 23.6 Å². The van der Waals surface area contributed by atoms with Gasteiger partial charge in [0.25, 0.3) is 0 Å². The van der Waals surface area contributed by atoms with Crippen LogP contribution in [-0.2, 0) is 24.4 Å². The predicted molar refractivity (Wildman–Crippen MR) is 204 cm³/mol. The molecule has 2 saturated carbocycles. The quantitative estimate of drug-likeness (QED) is 0.344. The fourth-order valence-corrected chi connectivity index (χ4v) is 9.49. The lowest BCUT2D eigenvalue weighted by molar-refractivity contribution is -0.140. The molecule has 4 fully saturated rings. The van der Waals surface area contributed by atoms with Crippen LogP contribution in [0.1, 0.15) is 90.0 Å². The zero-order chi connectivity index (χ0) is 39.1. The van der Waals surface area contributed by atoms with Gasteiger partial charge in [0.15, 0.2) is 5.78 Å². The molecule has 55 heavy (non-hydrogen) atoms. The maximum Gasteiger partial charge on any atom is 0.318 e. The van der Waals surface area contributed by atoms with Crippen molar-refractivity contribution in [2.45, 2.75) is 121 Å². The van der Waals surface area contributed by atoms with Gasteiger partial charge < -0.3 is 29.3 Å². The Morgan fingerprint density at radius 1 is 1.04 bits per heavy atom. The Morgan fingerprint density at radius 3 is 2.51 bits per heavy atom. The second-order valence-corrected chi connectivity index (χ2v) is 18.1. The number of ketones is 1. The first-order chi connectivity index (χ1) is 26.3. The van der Waals surface area contributed by atoms with Gasteiger partial charge in [-0.15, -0.1) is 0 Å². The number of nitrogens with one attached hydrogen (secondary N) is 2. The molecule has 2 aromatic rings. The van der Waals surface area contributed by atoms with Crippen molar-refractivity contribution in [3.8, 4) is 17.4 Å². The highest BCUT2D eigenvalue weighted by molar-refractivity contribution is 7.90. The minimum absolute atomic E-state index is 0.0588. The molecule has 1 aromatic carbocycles. The van der Waals surface area contributed by atoms with Gasteiger partial charge in [-0.1, -0.05) is 25.0 Å². The van der Waals surface area contributed by atoms with Gasteiger partial charge in [-0.05, 0) is 83.8 Å². The molecule has 3 aliphatic heterocycles. The molecule has 2 aliphatic carbocycles. The van der Waals surface area contributed by atoms with E-state index in [1.165, 1.54) is 4.90 Å². The maximum atomic E-state index is 14.6. The summed E-state index contributed by atoms with van der Waals surface area (Å²) in [4.78, 5) is 64.1. The lowest BCUT2D eigenvalue weighted by Crippen LogP contribution is -2.56. The largest absolute Gasteiger partial charge is 0.496 e. The number of pyridine rings is 1. The highest BCUT2D eigenvalue weighted by atomic mass is 32.2. The molecule has 4 amide bonds. The first-order valence-corrected chi connectivity index (χ1v) is 21.3. The summed E-state index contributed by atoms with van der Waals surface area (Å²) < 4.78 is 46.4. The van der Waals surface area contributed by atoms with Crippen LogP contribution in [0.4, 0.5) is 4.79 Å². The number of allylic oxidation sites excluding steroid dienone is 2. The third kappa shape index (κ3) is 8.27. The molecule has 7 rings (SSSR count). The molecule has 15 heteroatoms. The molecule has 5 atom stereocenters. The molecule has 0 unspecified atom stereocenters.